The van der Waals surface area contributed by atoms with Gasteiger partial charge in [0, 0.05) is 12.1 Å². The van der Waals surface area contributed by atoms with Crippen LogP contribution in [0.2, 0.25) is 0 Å². The molecule has 0 aliphatic rings. The SMILES string of the molecule is Cn1c(-c2ccc([N+](=O)[O-])cc2)[n+](C)c2ccccc21.[I-]. The molecular formula is C15H14IN3O2. The number of imidazole rings is 1. The molecule has 3 aromatic rings. The van der Waals surface area contributed by atoms with Crippen LogP contribution < -0.4 is 28.5 Å². The largest absolute Gasteiger partial charge is 1.00 e. The van der Waals surface area contributed by atoms with E-state index in [-0.39, 0.29) is 34.6 Å². The van der Waals surface area contributed by atoms with Gasteiger partial charge < -0.3 is 24.0 Å². The second-order valence-electron chi connectivity index (χ2n) is 4.73. The molecule has 0 unspecified atom stereocenters. The van der Waals surface area contributed by atoms with Gasteiger partial charge in [-0.1, -0.05) is 12.1 Å². The van der Waals surface area contributed by atoms with E-state index in [2.05, 4.69) is 21.3 Å². The smallest absolute Gasteiger partial charge is 0.289 e. The minimum Gasteiger partial charge on any atom is -1.00 e. The molecule has 0 aliphatic heterocycles. The van der Waals surface area contributed by atoms with Crippen molar-refractivity contribution < 1.29 is 33.5 Å². The second kappa shape index (κ2) is 5.80. The zero-order chi connectivity index (χ0) is 14.3. The van der Waals surface area contributed by atoms with Gasteiger partial charge in [0.05, 0.1) is 24.6 Å². The highest BCUT2D eigenvalue weighted by atomic mass is 127. The Bertz CT molecular complexity index is 771. The van der Waals surface area contributed by atoms with Crippen molar-refractivity contribution in [3.63, 3.8) is 0 Å². The molecule has 1 aromatic heterocycles. The van der Waals surface area contributed by atoms with E-state index in [1.54, 1.807) is 12.1 Å². The van der Waals surface area contributed by atoms with Crippen molar-refractivity contribution in [2.45, 2.75) is 0 Å². The number of aromatic nitrogens is 2. The molecule has 5 nitrogen and oxygen atoms in total. The van der Waals surface area contributed by atoms with E-state index in [1.807, 2.05) is 26.2 Å². The minimum absolute atomic E-state index is 0. The maximum atomic E-state index is 10.7. The summed E-state index contributed by atoms with van der Waals surface area (Å²) in [4.78, 5) is 10.3. The number of nitro groups is 1. The molecular weight excluding hydrogens is 381 g/mol. The van der Waals surface area contributed by atoms with Crippen LogP contribution in [-0.4, -0.2) is 9.49 Å². The van der Waals surface area contributed by atoms with Crippen LogP contribution in [0.3, 0.4) is 0 Å². The van der Waals surface area contributed by atoms with Crippen LogP contribution in [0.25, 0.3) is 22.4 Å². The fourth-order valence-corrected chi connectivity index (χ4v) is 2.60. The fourth-order valence-electron chi connectivity index (χ4n) is 2.60. The van der Waals surface area contributed by atoms with Crippen molar-refractivity contribution in [2.75, 3.05) is 0 Å². The average molecular weight is 395 g/mol. The minimum atomic E-state index is -0.384. The number of halogens is 1. The first-order valence-corrected chi connectivity index (χ1v) is 6.28. The number of para-hydroxylation sites is 2. The van der Waals surface area contributed by atoms with Crippen molar-refractivity contribution >= 4 is 16.7 Å². The Morgan fingerprint density at radius 2 is 1.71 bits per heavy atom. The highest BCUT2D eigenvalue weighted by Crippen LogP contribution is 2.23. The maximum Gasteiger partial charge on any atom is 0.289 e. The first-order chi connectivity index (χ1) is 9.59. The second-order valence-corrected chi connectivity index (χ2v) is 4.73. The molecule has 0 amide bonds. The molecule has 21 heavy (non-hydrogen) atoms. The lowest BCUT2D eigenvalue weighted by atomic mass is 10.2. The van der Waals surface area contributed by atoms with E-state index in [9.17, 15) is 10.1 Å². The Balaban J connectivity index is 0.00000161. The number of hydrogen-bond acceptors (Lipinski definition) is 2. The molecule has 0 N–H and O–H groups in total. The number of benzene rings is 2. The van der Waals surface area contributed by atoms with E-state index in [1.165, 1.54) is 12.1 Å². The summed E-state index contributed by atoms with van der Waals surface area (Å²) < 4.78 is 4.19. The summed E-state index contributed by atoms with van der Waals surface area (Å²) in [5.74, 6) is 1.01. The Morgan fingerprint density at radius 1 is 1.10 bits per heavy atom. The van der Waals surface area contributed by atoms with Crippen molar-refractivity contribution in [3.8, 4) is 11.4 Å². The summed E-state index contributed by atoms with van der Waals surface area (Å²) >= 11 is 0. The summed E-state index contributed by atoms with van der Waals surface area (Å²) in [6.07, 6.45) is 0. The number of rotatable bonds is 2. The van der Waals surface area contributed by atoms with Gasteiger partial charge in [0.1, 0.15) is 0 Å². The molecule has 0 saturated heterocycles. The van der Waals surface area contributed by atoms with Crippen LogP contribution in [0.4, 0.5) is 5.69 Å². The van der Waals surface area contributed by atoms with Crippen LogP contribution >= 0.6 is 0 Å². The third-order valence-electron chi connectivity index (χ3n) is 3.58. The molecule has 108 valence electrons. The number of fused-ring (bicyclic) bond motifs is 1. The molecule has 0 spiro atoms. The molecule has 0 bridgehead atoms. The van der Waals surface area contributed by atoms with E-state index >= 15 is 0 Å². The number of nitro benzene ring substituents is 1. The molecule has 0 fully saturated rings. The zero-order valence-corrected chi connectivity index (χ0v) is 13.8. The van der Waals surface area contributed by atoms with Crippen molar-refractivity contribution in [3.05, 3.63) is 58.6 Å². The number of nitrogens with zero attached hydrogens (tertiary/aromatic N) is 3. The fraction of sp³-hybridized carbons (Fsp3) is 0.133. The van der Waals surface area contributed by atoms with Gasteiger partial charge in [-0.15, -0.1) is 0 Å². The van der Waals surface area contributed by atoms with Gasteiger partial charge in [-0.25, -0.2) is 9.13 Å². The van der Waals surface area contributed by atoms with Crippen LogP contribution in [0.1, 0.15) is 0 Å². The van der Waals surface area contributed by atoms with Crippen LogP contribution in [-0.2, 0) is 14.1 Å². The average Bonchev–Trinajstić information content (AvgIpc) is 2.72. The summed E-state index contributed by atoms with van der Waals surface area (Å²) in [5, 5.41) is 10.7. The molecule has 6 heteroatoms. The van der Waals surface area contributed by atoms with Gasteiger partial charge >= 0.3 is 0 Å². The summed E-state index contributed by atoms with van der Waals surface area (Å²) in [6.45, 7) is 0. The first-order valence-electron chi connectivity index (χ1n) is 6.28. The van der Waals surface area contributed by atoms with Crippen molar-refractivity contribution in [2.24, 2.45) is 14.1 Å². The predicted molar refractivity (Wildman–Crippen MR) is 76.2 cm³/mol. The third kappa shape index (κ3) is 2.51. The monoisotopic (exact) mass is 395 g/mol. The number of hydrogen-bond donors (Lipinski definition) is 0. The lowest BCUT2D eigenvalue weighted by molar-refractivity contribution is -0.634. The van der Waals surface area contributed by atoms with Gasteiger partial charge in [-0.3, -0.25) is 10.1 Å². The predicted octanol–water partition coefficient (Wildman–Crippen LogP) is -0.418. The summed E-state index contributed by atoms with van der Waals surface area (Å²) in [5.41, 5.74) is 3.32. The normalized spacial score (nSPS) is 10.4. The lowest BCUT2D eigenvalue weighted by Gasteiger charge is -1.98. The van der Waals surface area contributed by atoms with Crippen LogP contribution in [0.5, 0.6) is 0 Å². The molecule has 0 radical (unpaired) electrons. The molecule has 1 heterocycles. The summed E-state index contributed by atoms with van der Waals surface area (Å²) in [6, 6.07) is 14.8. The van der Waals surface area contributed by atoms with E-state index in [0.29, 0.717) is 0 Å². The molecule has 3 rings (SSSR count). The number of non-ortho nitro benzene ring substituents is 1. The Morgan fingerprint density at radius 3 is 2.29 bits per heavy atom. The number of aryl methyl sites for hydroxylation is 2. The van der Waals surface area contributed by atoms with Crippen molar-refractivity contribution in [1.29, 1.82) is 0 Å². The molecule has 0 aliphatic carbocycles. The Labute approximate surface area is 139 Å². The molecule has 2 aromatic carbocycles. The van der Waals surface area contributed by atoms with E-state index < -0.39 is 0 Å². The quantitative estimate of drug-likeness (QED) is 0.256. The Kier molecular flexibility index (Phi) is 4.26. The van der Waals surface area contributed by atoms with Gasteiger partial charge in [-0.2, -0.15) is 0 Å². The van der Waals surface area contributed by atoms with Gasteiger partial charge in [-0.05, 0) is 24.3 Å². The highest BCUT2D eigenvalue weighted by Gasteiger charge is 2.21. The first kappa shape index (κ1) is 15.4. The lowest BCUT2D eigenvalue weighted by Crippen LogP contribution is -3.00. The molecule has 0 saturated carbocycles. The topological polar surface area (TPSA) is 51.9 Å². The van der Waals surface area contributed by atoms with Gasteiger partial charge in [0.15, 0.2) is 11.0 Å². The zero-order valence-electron chi connectivity index (χ0n) is 11.7. The molecule has 0 atom stereocenters. The van der Waals surface area contributed by atoms with Crippen molar-refractivity contribution in [1.82, 2.24) is 4.57 Å². The van der Waals surface area contributed by atoms with Crippen LogP contribution in [0.15, 0.2) is 48.5 Å². The van der Waals surface area contributed by atoms with E-state index in [4.69, 9.17) is 0 Å². The van der Waals surface area contributed by atoms with Gasteiger partial charge in [0.2, 0.25) is 0 Å². The Hall–Kier alpha value is -1.96. The summed E-state index contributed by atoms with van der Waals surface area (Å²) in [7, 11) is 4.00. The third-order valence-corrected chi connectivity index (χ3v) is 3.58. The van der Waals surface area contributed by atoms with Gasteiger partial charge in [0.25, 0.3) is 11.5 Å². The van der Waals surface area contributed by atoms with Crippen LogP contribution in [0, 0.1) is 10.1 Å². The standard InChI is InChI=1S/C15H14N3O2.HI/c1-16-13-5-3-4-6-14(13)17(2)15(16)11-7-9-12(10-8-11)18(19)20;/h3-10H,1-2H3;1H/q+1;/p-1. The van der Waals surface area contributed by atoms with E-state index in [0.717, 1.165) is 22.4 Å². The maximum absolute atomic E-state index is 10.7. The highest BCUT2D eigenvalue weighted by molar-refractivity contribution is 5.76.